The summed E-state index contributed by atoms with van der Waals surface area (Å²) < 4.78 is 0. The first-order valence-corrected chi connectivity index (χ1v) is 4.36. The maximum atomic E-state index is 4.42. The number of rotatable bonds is 2. The third-order valence-electron chi connectivity index (χ3n) is 2.17. The van der Waals surface area contributed by atoms with E-state index in [4.69, 9.17) is 0 Å². The summed E-state index contributed by atoms with van der Waals surface area (Å²) in [6, 6.07) is 0. The van der Waals surface area contributed by atoms with Crippen LogP contribution in [0.5, 0.6) is 0 Å². The van der Waals surface area contributed by atoms with Crippen molar-refractivity contribution >= 4 is 11.5 Å². The van der Waals surface area contributed by atoms with Gasteiger partial charge in [-0.3, -0.25) is 4.99 Å². The van der Waals surface area contributed by atoms with E-state index in [9.17, 15) is 0 Å². The fourth-order valence-electron chi connectivity index (χ4n) is 1.41. The predicted molar refractivity (Wildman–Crippen MR) is 49.5 cm³/mol. The minimum Gasteiger partial charge on any atom is -0.270 e. The Kier molecular flexibility index (Phi) is 2.80. The standard InChI is InChI=1S/C9H16N2/c1-4-8-6-10-7(3)11-9(8)5-2/h8H,4-6H2,1-3H3. The second-order valence-electron chi connectivity index (χ2n) is 2.95. The van der Waals surface area contributed by atoms with E-state index in [1.54, 1.807) is 0 Å². The van der Waals surface area contributed by atoms with E-state index in [0.29, 0.717) is 5.92 Å². The normalized spacial score (nSPS) is 24.5. The summed E-state index contributed by atoms with van der Waals surface area (Å²) in [4.78, 5) is 8.73. The molecule has 0 spiro atoms. The molecular weight excluding hydrogens is 136 g/mol. The number of aliphatic imine (C=N–C) groups is 2. The van der Waals surface area contributed by atoms with Crippen LogP contribution >= 0.6 is 0 Å². The molecule has 1 atom stereocenters. The molecule has 62 valence electrons. The summed E-state index contributed by atoms with van der Waals surface area (Å²) in [5, 5.41) is 0. The van der Waals surface area contributed by atoms with Crippen molar-refractivity contribution in [1.82, 2.24) is 0 Å². The molecule has 0 saturated carbocycles. The molecule has 1 aliphatic heterocycles. The van der Waals surface area contributed by atoms with Crippen molar-refractivity contribution in [1.29, 1.82) is 0 Å². The van der Waals surface area contributed by atoms with Gasteiger partial charge in [-0.05, 0) is 19.8 Å². The lowest BCUT2D eigenvalue weighted by molar-refractivity contribution is 0.659. The number of hydrogen-bond donors (Lipinski definition) is 0. The molecule has 0 aromatic heterocycles. The predicted octanol–water partition coefficient (Wildman–Crippen LogP) is 2.30. The summed E-state index contributed by atoms with van der Waals surface area (Å²) in [6.07, 6.45) is 2.24. The molecule has 0 fully saturated rings. The zero-order chi connectivity index (χ0) is 8.27. The molecule has 2 nitrogen and oxygen atoms in total. The van der Waals surface area contributed by atoms with Gasteiger partial charge in [0.1, 0.15) is 5.84 Å². The fraction of sp³-hybridized carbons (Fsp3) is 0.778. The van der Waals surface area contributed by atoms with Crippen LogP contribution in [-0.4, -0.2) is 18.1 Å². The van der Waals surface area contributed by atoms with Crippen molar-refractivity contribution in [3.8, 4) is 0 Å². The molecule has 0 aromatic carbocycles. The molecule has 11 heavy (non-hydrogen) atoms. The molecular formula is C9H16N2. The second kappa shape index (κ2) is 3.65. The Labute approximate surface area is 68.4 Å². The van der Waals surface area contributed by atoms with Gasteiger partial charge in [-0.15, -0.1) is 0 Å². The maximum absolute atomic E-state index is 4.42. The molecule has 0 radical (unpaired) electrons. The van der Waals surface area contributed by atoms with E-state index < -0.39 is 0 Å². The second-order valence-corrected chi connectivity index (χ2v) is 2.95. The zero-order valence-corrected chi connectivity index (χ0v) is 7.59. The van der Waals surface area contributed by atoms with Crippen molar-refractivity contribution in [2.45, 2.75) is 33.6 Å². The molecule has 1 unspecified atom stereocenters. The molecule has 0 aliphatic carbocycles. The van der Waals surface area contributed by atoms with Gasteiger partial charge < -0.3 is 0 Å². The van der Waals surface area contributed by atoms with Crippen LogP contribution in [-0.2, 0) is 0 Å². The van der Waals surface area contributed by atoms with Crippen molar-refractivity contribution in [2.24, 2.45) is 15.9 Å². The van der Waals surface area contributed by atoms with Gasteiger partial charge in [0.15, 0.2) is 0 Å². The third kappa shape index (κ3) is 1.88. The van der Waals surface area contributed by atoms with Gasteiger partial charge in [-0.2, -0.15) is 0 Å². The zero-order valence-electron chi connectivity index (χ0n) is 7.59. The van der Waals surface area contributed by atoms with Crippen molar-refractivity contribution < 1.29 is 0 Å². The van der Waals surface area contributed by atoms with Gasteiger partial charge in [0.2, 0.25) is 0 Å². The van der Waals surface area contributed by atoms with E-state index in [-0.39, 0.29) is 0 Å². The quantitative estimate of drug-likeness (QED) is 0.580. The number of hydrogen-bond acceptors (Lipinski definition) is 2. The Morgan fingerprint density at radius 2 is 2.18 bits per heavy atom. The lowest BCUT2D eigenvalue weighted by Crippen LogP contribution is -2.21. The van der Waals surface area contributed by atoms with Crippen LogP contribution < -0.4 is 0 Å². The lowest BCUT2D eigenvalue weighted by Gasteiger charge is -2.18. The van der Waals surface area contributed by atoms with E-state index in [0.717, 1.165) is 18.8 Å². The van der Waals surface area contributed by atoms with Crippen LogP contribution in [0, 0.1) is 5.92 Å². The van der Waals surface area contributed by atoms with E-state index in [1.165, 1.54) is 12.1 Å². The highest BCUT2D eigenvalue weighted by atomic mass is 14.9. The van der Waals surface area contributed by atoms with Crippen molar-refractivity contribution in [3.63, 3.8) is 0 Å². The molecule has 1 aliphatic rings. The smallest absolute Gasteiger partial charge is 0.120 e. The molecule has 2 heteroatoms. The van der Waals surface area contributed by atoms with Gasteiger partial charge in [0.05, 0.1) is 0 Å². The molecule has 0 aromatic rings. The monoisotopic (exact) mass is 152 g/mol. The summed E-state index contributed by atoms with van der Waals surface area (Å²) in [5.74, 6) is 1.57. The van der Waals surface area contributed by atoms with Crippen molar-refractivity contribution in [2.75, 3.05) is 6.54 Å². The molecule has 1 rings (SSSR count). The van der Waals surface area contributed by atoms with Gasteiger partial charge in [0.25, 0.3) is 0 Å². The van der Waals surface area contributed by atoms with Crippen LogP contribution in [0.15, 0.2) is 9.98 Å². The Balaban J connectivity index is 2.71. The van der Waals surface area contributed by atoms with Gasteiger partial charge in [-0.25, -0.2) is 4.99 Å². The third-order valence-corrected chi connectivity index (χ3v) is 2.17. The Morgan fingerprint density at radius 1 is 1.45 bits per heavy atom. The van der Waals surface area contributed by atoms with Crippen molar-refractivity contribution in [3.05, 3.63) is 0 Å². The topological polar surface area (TPSA) is 24.7 Å². The van der Waals surface area contributed by atoms with Crippen LogP contribution in [0.3, 0.4) is 0 Å². The lowest BCUT2D eigenvalue weighted by atomic mass is 9.97. The maximum Gasteiger partial charge on any atom is 0.120 e. The van der Waals surface area contributed by atoms with E-state index in [2.05, 4.69) is 23.8 Å². The SMILES string of the molecule is CCC1=NC(C)=NCC1CC. The van der Waals surface area contributed by atoms with Gasteiger partial charge >= 0.3 is 0 Å². The first-order chi connectivity index (χ1) is 5.27. The first-order valence-electron chi connectivity index (χ1n) is 4.36. The Hall–Kier alpha value is -0.660. The summed E-state index contributed by atoms with van der Waals surface area (Å²) in [6.45, 7) is 7.29. The molecule has 0 N–H and O–H groups in total. The number of nitrogens with zero attached hydrogens (tertiary/aromatic N) is 2. The van der Waals surface area contributed by atoms with Crippen LogP contribution in [0.25, 0.3) is 0 Å². The van der Waals surface area contributed by atoms with E-state index >= 15 is 0 Å². The Morgan fingerprint density at radius 3 is 2.73 bits per heavy atom. The minimum atomic E-state index is 0.615. The highest BCUT2D eigenvalue weighted by Gasteiger charge is 2.15. The van der Waals surface area contributed by atoms with E-state index in [1.807, 2.05) is 6.92 Å². The number of amidine groups is 1. The van der Waals surface area contributed by atoms with Crippen LogP contribution in [0.2, 0.25) is 0 Å². The van der Waals surface area contributed by atoms with Gasteiger partial charge in [0, 0.05) is 18.2 Å². The summed E-state index contributed by atoms with van der Waals surface area (Å²) >= 11 is 0. The summed E-state index contributed by atoms with van der Waals surface area (Å²) in [5.41, 5.74) is 1.33. The molecule has 0 bridgehead atoms. The first kappa shape index (κ1) is 8.44. The van der Waals surface area contributed by atoms with Crippen LogP contribution in [0.1, 0.15) is 33.6 Å². The highest BCUT2D eigenvalue weighted by molar-refractivity contribution is 5.99. The molecule has 0 saturated heterocycles. The average molecular weight is 152 g/mol. The Bertz CT molecular complexity index is 192. The minimum absolute atomic E-state index is 0.615. The average Bonchev–Trinajstić information content (AvgIpc) is 2.04. The molecule has 0 amide bonds. The van der Waals surface area contributed by atoms with Crippen LogP contribution in [0.4, 0.5) is 0 Å². The highest BCUT2D eigenvalue weighted by Crippen LogP contribution is 2.13. The van der Waals surface area contributed by atoms with Gasteiger partial charge in [-0.1, -0.05) is 13.8 Å². The fourth-order valence-corrected chi connectivity index (χ4v) is 1.41. The largest absolute Gasteiger partial charge is 0.270 e. The molecule has 1 heterocycles. The summed E-state index contributed by atoms with van der Waals surface area (Å²) in [7, 11) is 0.